The molecule has 5 nitrogen and oxygen atoms in total. The van der Waals surface area contributed by atoms with E-state index >= 15 is 0 Å². The quantitative estimate of drug-likeness (QED) is 0.416. The Kier molecular flexibility index (Phi) is 2.67. The van der Waals surface area contributed by atoms with Gasteiger partial charge < -0.3 is 15.3 Å². The number of carboxylic acid groups (broad SMARTS) is 2. The molecule has 0 saturated heterocycles. The van der Waals surface area contributed by atoms with Crippen molar-refractivity contribution in [3.8, 4) is 0 Å². The molecule has 1 aliphatic carbocycles. The highest BCUT2D eigenvalue weighted by Crippen LogP contribution is 2.26. The standard InChI is InChI=1S/C8H10O5/c9-5-2-1-4(3-5)6(7(10)11)8(12)13/h1-2,4-6,9H,3H2,(H,10,11)(H,12,13). The van der Waals surface area contributed by atoms with Gasteiger partial charge in [0, 0.05) is 5.92 Å². The molecule has 1 rings (SSSR count). The summed E-state index contributed by atoms with van der Waals surface area (Å²) in [5.74, 6) is -4.79. The topological polar surface area (TPSA) is 94.8 Å². The molecule has 0 amide bonds. The van der Waals surface area contributed by atoms with Crippen LogP contribution in [0.15, 0.2) is 12.2 Å². The van der Waals surface area contributed by atoms with E-state index in [0.29, 0.717) is 0 Å². The summed E-state index contributed by atoms with van der Waals surface area (Å²) in [6.07, 6.45) is 2.32. The van der Waals surface area contributed by atoms with E-state index in [0.717, 1.165) is 0 Å². The Morgan fingerprint density at radius 2 is 1.77 bits per heavy atom. The molecule has 0 spiro atoms. The van der Waals surface area contributed by atoms with Crippen molar-refractivity contribution in [3.63, 3.8) is 0 Å². The summed E-state index contributed by atoms with van der Waals surface area (Å²) in [6.45, 7) is 0. The summed E-state index contributed by atoms with van der Waals surface area (Å²) < 4.78 is 0. The number of rotatable bonds is 3. The lowest BCUT2D eigenvalue weighted by molar-refractivity contribution is -0.156. The molecule has 0 aromatic rings. The third-order valence-electron chi connectivity index (χ3n) is 2.05. The summed E-state index contributed by atoms with van der Waals surface area (Å²) in [5, 5.41) is 26.2. The second-order valence-corrected chi connectivity index (χ2v) is 3.01. The van der Waals surface area contributed by atoms with E-state index in [9.17, 15) is 9.59 Å². The van der Waals surface area contributed by atoms with E-state index < -0.39 is 29.9 Å². The Hall–Kier alpha value is -1.36. The predicted molar refractivity (Wildman–Crippen MR) is 42.0 cm³/mol. The lowest BCUT2D eigenvalue weighted by Crippen LogP contribution is -2.30. The second-order valence-electron chi connectivity index (χ2n) is 3.01. The third kappa shape index (κ3) is 2.06. The fourth-order valence-electron chi connectivity index (χ4n) is 1.43. The van der Waals surface area contributed by atoms with E-state index in [2.05, 4.69) is 0 Å². The van der Waals surface area contributed by atoms with Gasteiger partial charge in [-0.2, -0.15) is 0 Å². The minimum absolute atomic E-state index is 0.170. The van der Waals surface area contributed by atoms with E-state index in [4.69, 9.17) is 15.3 Å². The number of aliphatic carboxylic acids is 2. The molecule has 1 aliphatic rings. The van der Waals surface area contributed by atoms with Gasteiger partial charge in [-0.05, 0) is 6.42 Å². The van der Waals surface area contributed by atoms with Gasteiger partial charge in [-0.15, -0.1) is 0 Å². The van der Waals surface area contributed by atoms with Gasteiger partial charge in [0.2, 0.25) is 0 Å². The van der Waals surface area contributed by atoms with Crippen molar-refractivity contribution in [2.24, 2.45) is 11.8 Å². The molecule has 0 radical (unpaired) electrons. The second kappa shape index (κ2) is 3.57. The largest absolute Gasteiger partial charge is 0.481 e. The van der Waals surface area contributed by atoms with Gasteiger partial charge in [0.1, 0.15) is 0 Å². The van der Waals surface area contributed by atoms with E-state index in [-0.39, 0.29) is 6.42 Å². The van der Waals surface area contributed by atoms with Crippen LogP contribution in [0.2, 0.25) is 0 Å². The zero-order valence-electron chi connectivity index (χ0n) is 6.75. The first-order valence-electron chi connectivity index (χ1n) is 3.84. The average molecular weight is 186 g/mol. The van der Waals surface area contributed by atoms with Crippen LogP contribution >= 0.6 is 0 Å². The van der Waals surface area contributed by atoms with Crippen molar-refractivity contribution in [2.45, 2.75) is 12.5 Å². The van der Waals surface area contributed by atoms with Crippen LogP contribution in [0.4, 0.5) is 0 Å². The fourth-order valence-corrected chi connectivity index (χ4v) is 1.43. The lowest BCUT2D eigenvalue weighted by Gasteiger charge is -2.13. The zero-order chi connectivity index (χ0) is 10.0. The Bertz CT molecular complexity index is 243. The first-order valence-corrected chi connectivity index (χ1v) is 3.84. The number of aliphatic hydroxyl groups excluding tert-OH is 1. The fraction of sp³-hybridized carbons (Fsp3) is 0.500. The van der Waals surface area contributed by atoms with Crippen molar-refractivity contribution in [1.82, 2.24) is 0 Å². The molecule has 5 heteroatoms. The predicted octanol–water partition coefficient (Wildman–Crippen LogP) is -0.291. The van der Waals surface area contributed by atoms with Crippen LogP contribution < -0.4 is 0 Å². The summed E-state index contributed by atoms with van der Waals surface area (Å²) in [5.41, 5.74) is 0. The normalized spacial score (nSPS) is 26.6. The maximum absolute atomic E-state index is 10.5. The molecule has 0 saturated carbocycles. The molecule has 13 heavy (non-hydrogen) atoms. The Labute approximate surface area is 74.3 Å². The Morgan fingerprint density at radius 3 is 2.08 bits per heavy atom. The minimum atomic E-state index is -1.45. The minimum Gasteiger partial charge on any atom is -0.481 e. The number of carbonyl (C=O) groups is 2. The molecule has 3 N–H and O–H groups in total. The van der Waals surface area contributed by atoms with Crippen LogP contribution in [-0.4, -0.2) is 33.4 Å². The van der Waals surface area contributed by atoms with Gasteiger partial charge in [-0.3, -0.25) is 9.59 Å². The highest BCUT2D eigenvalue weighted by molar-refractivity contribution is 5.93. The van der Waals surface area contributed by atoms with Crippen molar-refractivity contribution in [2.75, 3.05) is 0 Å². The Balaban J connectivity index is 2.73. The van der Waals surface area contributed by atoms with Crippen molar-refractivity contribution in [3.05, 3.63) is 12.2 Å². The third-order valence-corrected chi connectivity index (χ3v) is 2.05. The van der Waals surface area contributed by atoms with Crippen LogP contribution in [0.5, 0.6) is 0 Å². The average Bonchev–Trinajstić information content (AvgIpc) is 2.34. The van der Waals surface area contributed by atoms with Crippen LogP contribution in [0, 0.1) is 11.8 Å². The van der Waals surface area contributed by atoms with Crippen LogP contribution in [-0.2, 0) is 9.59 Å². The lowest BCUT2D eigenvalue weighted by atomic mass is 9.92. The Morgan fingerprint density at radius 1 is 1.23 bits per heavy atom. The molecule has 0 aliphatic heterocycles. The zero-order valence-corrected chi connectivity index (χ0v) is 6.75. The van der Waals surface area contributed by atoms with Gasteiger partial charge in [0.15, 0.2) is 5.92 Å². The van der Waals surface area contributed by atoms with E-state index in [1.54, 1.807) is 0 Å². The van der Waals surface area contributed by atoms with E-state index in [1.165, 1.54) is 12.2 Å². The maximum Gasteiger partial charge on any atom is 0.318 e. The van der Waals surface area contributed by atoms with Gasteiger partial charge in [0.05, 0.1) is 6.10 Å². The molecule has 0 bridgehead atoms. The van der Waals surface area contributed by atoms with Gasteiger partial charge in [-0.1, -0.05) is 12.2 Å². The number of allylic oxidation sites excluding steroid dienone is 1. The summed E-state index contributed by atoms with van der Waals surface area (Å²) in [6, 6.07) is 0. The van der Waals surface area contributed by atoms with Crippen LogP contribution in [0.25, 0.3) is 0 Å². The molecule has 0 heterocycles. The molecule has 0 fully saturated rings. The summed E-state index contributed by atoms with van der Waals surface area (Å²) in [4.78, 5) is 21.1. The van der Waals surface area contributed by atoms with Crippen molar-refractivity contribution >= 4 is 11.9 Å². The summed E-state index contributed by atoms with van der Waals surface area (Å²) >= 11 is 0. The number of hydrogen-bond donors (Lipinski definition) is 3. The smallest absolute Gasteiger partial charge is 0.318 e. The SMILES string of the molecule is O=C(O)C(C(=O)O)C1C=CC(O)C1. The monoisotopic (exact) mass is 186 g/mol. The number of aliphatic hydroxyl groups is 1. The first-order chi connectivity index (χ1) is 6.02. The van der Waals surface area contributed by atoms with Crippen molar-refractivity contribution < 1.29 is 24.9 Å². The molecule has 2 unspecified atom stereocenters. The molecular weight excluding hydrogens is 176 g/mol. The van der Waals surface area contributed by atoms with Crippen molar-refractivity contribution in [1.29, 1.82) is 0 Å². The van der Waals surface area contributed by atoms with Crippen LogP contribution in [0.1, 0.15) is 6.42 Å². The van der Waals surface area contributed by atoms with Gasteiger partial charge in [0.25, 0.3) is 0 Å². The summed E-state index contributed by atoms with van der Waals surface area (Å²) in [7, 11) is 0. The highest BCUT2D eigenvalue weighted by atomic mass is 16.4. The molecule has 72 valence electrons. The first kappa shape index (κ1) is 9.73. The van der Waals surface area contributed by atoms with E-state index in [1.807, 2.05) is 0 Å². The molecular formula is C8H10O5. The highest BCUT2D eigenvalue weighted by Gasteiger charge is 2.36. The van der Waals surface area contributed by atoms with Gasteiger partial charge >= 0.3 is 11.9 Å². The van der Waals surface area contributed by atoms with Crippen LogP contribution in [0.3, 0.4) is 0 Å². The van der Waals surface area contributed by atoms with Gasteiger partial charge in [-0.25, -0.2) is 0 Å². The molecule has 0 aromatic heterocycles. The number of hydrogen-bond acceptors (Lipinski definition) is 3. The molecule has 0 aromatic carbocycles. The maximum atomic E-state index is 10.5. The molecule has 2 atom stereocenters. The number of carboxylic acids is 2.